The number of nitro groups is 1. The van der Waals surface area contributed by atoms with Gasteiger partial charge in [-0.05, 0) is 30.3 Å². The number of oxazole rings is 1. The first-order valence-electron chi connectivity index (χ1n) is 6.80. The number of benzene rings is 2. The van der Waals surface area contributed by atoms with Crippen molar-refractivity contribution in [2.75, 3.05) is 0 Å². The Morgan fingerprint density at radius 3 is 2.58 bits per heavy atom. The highest BCUT2D eigenvalue weighted by Gasteiger charge is 2.12. The third kappa shape index (κ3) is 3.67. The number of rotatable bonds is 5. The molecule has 0 spiro atoms. The van der Waals surface area contributed by atoms with Gasteiger partial charge in [0.1, 0.15) is 5.75 Å². The molecule has 1 heterocycles. The number of nitrogens with zero attached hydrogens (tertiary/aromatic N) is 2. The van der Waals surface area contributed by atoms with E-state index in [2.05, 4.69) is 4.98 Å². The molecule has 6 nitrogen and oxygen atoms in total. The van der Waals surface area contributed by atoms with E-state index in [1.807, 2.05) is 12.1 Å². The monoisotopic (exact) mass is 364 g/mol. The van der Waals surface area contributed by atoms with Crippen LogP contribution in [-0.2, 0) is 6.61 Å². The number of nitro benzene ring substituents is 1. The molecule has 122 valence electrons. The van der Waals surface area contributed by atoms with Crippen LogP contribution < -0.4 is 4.74 Å². The molecule has 8 heteroatoms. The molecular weight excluding hydrogens is 355 g/mol. The van der Waals surface area contributed by atoms with Crippen molar-refractivity contribution in [1.82, 2.24) is 4.98 Å². The highest BCUT2D eigenvalue weighted by Crippen LogP contribution is 2.29. The summed E-state index contributed by atoms with van der Waals surface area (Å²) in [5.41, 5.74) is 0.736. The molecule has 0 fully saturated rings. The Morgan fingerprint density at radius 1 is 1.17 bits per heavy atom. The molecule has 0 aliphatic heterocycles. The Balaban J connectivity index is 1.69. The quantitative estimate of drug-likeness (QED) is 0.462. The molecule has 3 rings (SSSR count). The minimum absolute atomic E-state index is 0.0467. The second-order valence-corrected chi connectivity index (χ2v) is 5.63. The van der Waals surface area contributed by atoms with Crippen LogP contribution in [0.4, 0.5) is 5.69 Å². The summed E-state index contributed by atoms with van der Waals surface area (Å²) >= 11 is 11.8. The van der Waals surface area contributed by atoms with Crippen molar-refractivity contribution in [2.45, 2.75) is 6.61 Å². The molecular formula is C16H10Cl2N2O4. The maximum atomic E-state index is 10.7. The molecule has 0 bridgehead atoms. The van der Waals surface area contributed by atoms with E-state index in [9.17, 15) is 10.1 Å². The molecule has 3 aromatic rings. The van der Waals surface area contributed by atoms with Gasteiger partial charge in [-0.2, -0.15) is 0 Å². The molecule has 0 saturated carbocycles. The first kappa shape index (κ1) is 16.3. The summed E-state index contributed by atoms with van der Waals surface area (Å²) in [6.07, 6.45) is 1.58. The second kappa shape index (κ2) is 6.90. The first-order chi connectivity index (χ1) is 11.5. The summed E-state index contributed by atoms with van der Waals surface area (Å²) in [4.78, 5) is 14.3. The average Bonchev–Trinajstić information content (AvgIpc) is 3.03. The fourth-order valence-corrected chi connectivity index (χ4v) is 2.34. The minimum atomic E-state index is -0.526. The van der Waals surface area contributed by atoms with Gasteiger partial charge in [-0.25, -0.2) is 4.98 Å². The topological polar surface area (TPSA) is 78.4 Å². The van der Waals surface area contributed by atoms with Gasteiger partial charge in [0.05, 0.1) is 16.1 Å². The number of halogens is 2. The lowest BCUT2D eigenvalue weighted by atomic mass is 10.2. The molecule has 24 heavy (non-hydrogen) atoms. The van der Waals surface area contributed by atoms with Crippen LogP contribution in [0.15, 0.2) is 53.1 Å². The molecule has 2 aromatic carbocycles. The van der Waals surface area contributed by atoms with Crippen LogP contribution in [0.3, 0.4) is 0 Å². The zero-order chi connectivity index (χ0) is 17.1. The van der Waals surface area contributed by atoms with Crippen LogP contribution in [0.1, 0.15) is 5.89 Å². The fourth-order valence-electron chi connectivity index (χ4n) is 1.98. The molecule has 0 aliphatic carbocycles. The normalized spacial score (nSPS) is 10.6. The van der Waals surface area contributed by atoms with Gasteiger partial charge in [-0.1, -0.05) is 23.2 Å². The van der Waals surface area contributed by atoms with Crippen LogP contribution in [0.2, 0.25) is 10.0 Å². The SMILES string of the molecule is O=[N+]([O-])c1ccc(OCc2ncc(-c3ccc(Cl)cc3)o2)c(Cl)c1. The summed E-state index contributed by atoms with van der Waals surface area (Å²) in [6, 6.07) is 11.1. The number of hydrogen-bond acceptors (Lipinski definition) is 5. The van der Waals surface area contributed by atoms with Crippen molar-refractivity contribution in [3.63, 3.8) is 0 Å². The lowest BCUT2D eigenvalue weighted by Gasteiger charge is -2.05. The van der Waals surface area contributed by atoms with Crippen LogP contribution in [0.25, 0.3) is 11.3 Å². The van der Waals surface area contributed by atoms with E-state index < -0.39 is 4.92 Å². The predicted octanol–water partition coefficient (Wildman–Crippen LogP) is 5.14. The number of non-ortho nitro benzene ring substituents is 1. The van der Waals surface area contributed by atoms with Crippen molar-refractivity contribution in [3.05, 3.63) is 74.7 Å². The Labute approximate surface area is 146 Å². The van der Waals surface area contributed by atoms with Crippen LogP contribution in [0.5, 0.6) is 5.75 Å². The summed E-state index contributed by atoms with van der Waals surface area (Å²) < 4.78 is 11.1. The van der Waals surface area contributed by atoms with E-state index in [0.29, 0.717) is 22.4 Å². The number of ether oxygens (including phenoxy) is 1. The van der Waals surface area contributed by atoms with Gasteiger partial charge in [-0.3, -0.25) is 10.1 Å². The van der Waals surface area contributed by atoms with E-state index >= 15 is 0 Å². The molecule has 0 N–H and O–H groups in total. The van der Waals surface area contributed by atoms with Crippen molar-refractivity contribution >= 4 is 28.9 Å². The molecule has 1 aromatic heterocycles. The van der Waals surface area contributed by atoms with Crippen molar-refractivity contribution in [2.24, 2.45) is 0 Å². The minimum Gasteiger partial charge on any atom is -0.482 e. The Kier molecular flexibility index (Phi) is 4.69. The number of hydrogen-bond donors (Lipinski definition) is 0. The van der Waals surface area contributed by atoms with Gasteiger partial charge < -0.3 is 9.15 Å². The first-order valence-corrected chi connectivity index (χ1v) is 7.56. The van der Waals surface area contributed by atoms with Crippen LogP contribution >= 0.6 is 23.2 Å². The zero-order valence-corrected chi connectivity index (χ0v) is 13.6. The molecule has 0 radical (unpaired) electrons. The van der Waals surface area contributed by atoms with Gasteiger partial charge in [0, 0.05) is 22.7 Å². The highest BCUT2D eigenvalue weighted by molar-refractivity contribution is 6.32. The molecule has 0 atom stereocenters. The van der Waals surface area contributed by atoms with Crippen molar-refractivity contribution in [1.29, 1.82) is 0 Å². The lowest BCUT2D eigenvalue weighted by Crippen LogP contribution is -1.96. The average molecular weight is 365 g/mol. The maximum absolute atomic E-state index is 10.7. The Hall–Kier alpha value is -2.57. The predicted molar refractivity (Wildman–Crippen MR) is 89.4 cm³/mol. The van der Waals surface area contributed by atoms with E-state index in [1.54, 1.807) is 18.3 Å². The Morgan fingerprint density at radius 2 is 1.92 bits per heavy atom. The summed E-state index contributed by atoms with van der Waals surface area (Å²) in [5.74, 6) is 1.25. The van der Waals surface area contributed by atoms with Crippen molar-refractivity contribution in [3.8, 4) is 17.1 Å². The van der Waals surface area contributed by atoms with Gasteiger partial charge >= 0.3 is 0 Å². The zero-order valence-electron chi connectivity index (χ0n) is 12.1. The second-order valence-electron chi connectivity index (χ2n) is 4.79. The van der Waals surface area contributed by atoms with Crippen molar-refractivity contribution < 1.29 is 14.1 Å². The lowest BCUT2D eigenvalue weighted by molar-refractivity contribution is -0.384. The third-order valence-electron chi connectivity index (χ3n) is 3.16. The third-order valence-corrected chi connectivity index (χ3v) is 3.71. The molecule has 0 aliphatic rings. The highest BCUT2D eigenvalue weighted by atomic mass is 35.5. The van der Waals surface area contributed by atoms with E-state index in [4.69, 9.17) is 32.4 Å². The maximum Gasteiger partial charge on any atom is 0.271 e. The number of aromatic nitrogens is 1. The summed E-state index contributed by atoms with van der Waals surface area (Å²) in [7, 11) is 0. The fraction of sp³-hybridized carbons (Fsp3) is 0.0625. The molecule has 0 amide bonds. The smallest absolute Gasteiger partial charge is 0.271 e. The van der Waals surface area contributed by atoms with Gasteiger partial charge in [-0.15, -0.1) is 0 Å². The van der Waals surface area contributed by atoms with E-state index in [1.165, 1.54) is 18.2 Å². The standard InChI is InChI=1S/C16H10Cl2N2O4/c17-11-3-1-10(2-4-11)15-8-19-16(24-15)9-23-14-6-5-12(20(21)22)7-13(14)18/h1-8H,9H2. The van der Waals surface area contributed by atoms with Crippen LogP contribution in [-0.4, -0.2) is 9.91 Å². The Bertz CT molecular complexity index is 878. The summed E-state index contributed by atoms with van der Waals surface area (Å²) in [6.45, 7) is 0.0467. The van der Waals surface area contributed by atoms with Crippen LogP contribution in [0, 0.1) is 10.1 Å². The van der Waals surface area contributed by atoms with Gasteiger partial charge in [0.25, 0.3) is 5.69 Å². The van der Waals surface area contributed by atoms with Gasteiger partial charge in [0.15, 0.2) is 12.4 Å². The van der Waals surface area contributed by atoms with E-state index in [0.717, 1.165) is 5.56 Å². The molecule has 0 saturated heterocycles. The largest absolute Gasteiger partial charge is 0.482 e. The van der Waals surface area contributed by atoms with E-state index in [-0.39, 0.29) is 17.3 Å². The molecule has 0 unspecified atom stereocenters. The summed E-state index contributed by atoms with van der Waals surface area (Å²) in [5, 5.41) is 11.5. The van der Waals surface area contributed by atoms with Gasteiger partial charge in [0.2, 0.25) is 5.89 Å².